The number of carboxylic acids is 1. The molecule has 0 rings (SSSR count). The first-order valence-electron chi connectivity index (χ1n) is 3.73. The summed E-state index contributed by atoms with van der Waals surface area (Å²) in [6, 6.07) is -0.736. The minimum Gasteiger partial charge on any atom is -0.480 e. The van der Waals surface area contributed by atoms with Crippen molar-refractivity contribution < 1.29 is 9.90 Å². The molecule has 4 heteroatoms. The van der Waals surface area contributed by atoms with Crippen LogP contribution in [0.5, 0.6) is 0 Å². The summed E-state index contributed by atoms with van der Waals surface area (Å²) >= 11 is 1.54. The van der Waals surface area contributed by atoms with E-state index in [4.69, 9.17) is 10.8 Å². The van der Waals surface area contributed by atoms with Crippen molar-refractivity contribution in [2.45, 2.75) is 19.9 Å². The molecule has 0 aromatic heterocycles. The minimum atomic E-state index is -0.931. The van der Waals surface area contributed by atoms with Crippen molar-refractivity contribution in [2.75, 3.05) is 11.5 Å². The van der Waals surface area contributed by atoms with E-state index >= 15 is 0 Å². The molecule has 0 spiro atoms. The van der Waals surface area contributed by atoms with Gasteiger partial charge >= 0.3 is 5.97 Å². The molecule has 0 bridgehead atoms. The molecule has 0 unspecified atom stereocenters. The molecule has 0 saturated heterocycles. The minimum absolute atomic E-state index is 0.471. The number of hydrogen-bond acceptors (Lipinski definition) is 3. The average molecular weight is 189 g/mol. The van der Waals surface area contributed by atoms with Crippen LogP contribution in [0.2, 0.25) is 0 Å². The molecule has 0 aliphatic carbocycles. The van der Waals surface area contributed by atoms with Crippen LogP contribution in [-0.2, 0) is 4.79 Å². The summed E-state index contributed by atoms with van der Waals surface area (Å²) in [7, 11) is 0. The molecule has 12 heavy (non-hydrogen) atoms. The summed E-state index contributed by atoms with van der Waals surface area (Å²) in [6.45, 7) is 4.02. The van der Waals surface area contributed by atoms with Crippen LogP contribution < -0.4 is 5.73 Å². The van der Waals surface area contributed by atoms with Crippen molar-refractivity contribution in [3.8, 4) is 0 Å². The maximum absolute atomic E-state index is 10.3. The van der Waals surface area contributed by atoms with Crippen LogP contribution in [-0.4, -0.2) is 28.6 Å². The fourth-order valence-corrected chi connectivity index (χ4v) is 1.48. The lowest BCUT2D eigenvalue weighted by atomic mass is 10.3. The molecular weight excluding hydrogens is 174 g/mol. The standard InChI is InChI=1S/C8H15NO2S/c1-6(2)3-4-12-5-7(9)8(10)11/h3,7H,4-5,9H2,1-2H3,(H,10,11)/t7-/m0/s1. The van der Waals surface area contributed by atoms with E-state index in [1.165, 1.54) is 17.3 Å². The predicted octanol–water partition coefficient (Wildman–Crippen LogP) is 1.10. The summed E-state index contributed by atoms with van der Waals surface area (Å²) in [5, 5.41) is 8.44. The number of allylic oxidation sites excluding steroid dienone is 1. The van der Waals surface area contributed by atoms with E-state index in [0.717, 1.165) is 5.75 Å². The van der Waals surface area contributed by atoms with Crippen LogP contribution in [0.3, 0.4) is 0 Å². The quantitative estimate of drug-likeness (QED) is 0.502. The Morgan fingerprint density at radius 2 is 2.25 bits per heavy atom. The molecule has 3 nitrogen and oxygen atoms in total. The van der Waals surface area contributed by atoms with E-state index in [-0.39, 0.29) is 0 Å². The Balaban J connectivity index is 3.44. The molecule has 0 saturated carbocycles. The van der Waals surface area contributed by atoms with E-state index in [1.54, 1.807) is 0 Å². The second kappa shape index (κ2) is 6.08. The SMILES string of the molecule is CC(C)=CCSC[C@H](N)C(=O)O. The Labute approximate surface area is 77.0 Å². The van der Waals surface area contributed by atoms with Gasteiger partial charge in [0.15, 0.2) is 0 Å². The van der Waals surface area contributed by atoms with Gasteiger partial charge in [-0.05, 0) is 13.8 Å². The molecule has 0 aromatic carbocycles. The zero-order chi connectivity index (χ0) is 9.56. The Bertz CT molecular complexity index is 176. The van der Waals surface area contributed by atoms with Crippen LogP contribution in [0.4, 0.5) is 0 Å². The van der Waals surface area contributed by atoms with Gasteiger partial charge in [-0.1, -0.05) is 11.6 Å². The van der Waals surface area contributed by atoms with Gasteiger partial charge in [-0.2, -0.15) is 11.8 Å². The third kappa shape index (κ3) is 6.24. The molecule has 0 fully saturated rings. The highest BCUT2D eigenvalue weighted by Crippen LogP contribution is 2.03. The summed E-state index contributed by atoms with van der Waals surface area (Å²) in [5.74, 6) is 0.377. The van der Waals surface area contributed by atoms with Crippen molar-refractivity contribution in [3.05, 3.63) is 11.6 Å². The lowest BCUT2D eigenvalue weighted by molar-refractivity contribution is -0.137. The van der Waals surface area contributed by atoms with Gasteiger partial charge in [-0.15, -0.1) is 0 Å². The molecule has 3 N–H and O–H groups in total. The fraction of sp³-hybridized carbons (Fsp3) is 0.625. The average Bonchev–Trinajstić information content (AvgIpc) is 1.97. The fourth-order valence-electron chi connectivity index (χ4n) is 0.492. The van der Waals surface area contributed by atoms with Crippen molar-refractivity contribution in [2.24, 2.45) is 5.73 Å². The maximum Gasteiger partial charge on any atom is 0.321 e. The van der Waals surface area contributed by atoms with Crippen LogP contribution in [0.25, 0.3) is 0 Å². The Morgan fingerprint density at radius 1 is 1.67 bits per heavy atom. The zero-order valence-corrected chi connectivity index (χ0v) is 8.23. The smallest absolute Gasteiger partial charge is 0.321 e. The largest absolute Gasteiger partial charge is 0.480 e. The normalized spacial score (nSPS) is 12.2. The Kier molecular flexibility index (Phi) is 5.84. The predicted molar refractivity (Wildman–Crippen MR) is 52.4 cm³/mol. The van der Waals surface area contributed by atoms with Gasteiger partial charge in [0.05, 0.1) is 0 Å². The highest BCUT2D eigenvalue weighted by Gasteiger charge is 2.09. The van der Waals surface area contributed by atoms with Gasteiger partial charge in [0.2, 0.25) is 0 Å². The lowest BCUT2D eigenvalue weighted by Gasteiger charge is -2.03. The van der Waals surface area contributed by atoms with Gasteiger partial charge < -0.3 is 10.8 Å². The van der Waals surface area contributed by atoms with Gasteiger partial charge in [0.25, 0.3) is 0 Å². The van der Waals surface area contributed by atoms with Crippen molar-refractivity contribution in [1.29, 1.82) is 0 Å². The second-order valence-electron chi connectivity index (χ2n) is 2.76. The molecule has 1 atom stereocenters. The lowest BCUT2D eigenvalue weighted by Crippen LogP contribution is -2.32. The molecule has 0 aromatic rings. The van der Waals surface area contributed by atoms with Gasteiger partial charge in [-0.3, -0.25) is 4.79 Å². The summed E-state index contributed by atoms with van der Waals surface area (Å²) in [5.41, 5.74) is 6.53. The number of thioether (sulfide) groups is 1. The van der Waals surface area contributed by atoms with Gasteiger partial charge in [-0.25, -0.2) is 0 Å². The highest BCUT2D eigenvalue weighted by molar-refractivity contribution is 7.99. The Morgan fingerprint density at radius 3 is 2.67 bits per heavy atom. The summed E-state index contributed by atoms with van der Waals surface area (Å²) in [4.78, 5) is 10.3. The van der Waals surface area contributed by atoms with Crippen LogP contribution in [0, 0.1) is 0 Å². The molecule has 0 aliphatic rings. The zero-order valence-electron chi connectivity index (χ0n) is 7.41. The van der Waals surface area contributed by atoms with Crippen LogP contribution >= 0.6 is 11.8 Å². The first kappa shape index (κ1) is 11.5. The summed E-state index contributed by atoms with van der Waals surface area (Å²) in [6.07, 6.45) is 2.05. The number of rotatable bonds is 5. The second-order valence-corrected chi connectivity index (χ2v) is 3.84. The molecule has 0 heterocycles. The molecule has 0 amide bonds. The third-order valence-corrected chi connectivity index (χ3v) is 2.22. The topological polar surface area (TPSA) is 63.3 Å². The van der Waals surface area contributed by atoms with Gasteiger partial charge in [0.1, 0.15) is 6.04 Å². The number of hydrogen-bond donors (Lipinski definition) is 2. The first-order valence-corrected chi connectivity index (χ1v) is 4.89. The van der Waals surface area contributed by atoms with E-state index in [2.05, 4.69) is 6.08 Å². The third-order valence-electron chi connectivity index (χ3n) is 1.22. The van der Waals surface area contributed by atoms with Crippen molar-refractivity contribution >= 4 is 17.7 Å². The number of carbonyl (C=O) groups is 1. The van der Waals surface area contributed by atoms with E-state index in [1.807, 2.05) is 13.8 Å². The van der Waals surface area contributed by atoms with Crippen LogP contribution in [0.15, 0.2) is 11.6 Å². The number of carboxylic acid groups (broad SMARTS) is 1. The van der Waals surface area contributed by atoms with E-state index < -0.39 is 12.0 Å². The summed E-state index contributed by atoms with van der Waals surface area (Å²) < 4.78 is 0. The molecule has 0 radical (unpaired) electrons. The van der Waals surface area contributed by atoms with Crippen LogP contribution in [0.1, 0.15) is 13.8 Å². The first-order chi connectivity index (χ1) is 5.54. The number of nitrogens with two attached hydrogens (primary N) is 1. The molecule has 70 valence electrons. The Hall–Kier alpha value is -0.480. The monoisotopic (exact) mass is 189 g/mol. The molecular formula is C8H15NO2S. The van der Waals surface area contributed by atoms with E-state index in [9.17, 15) is 4.79 Å². The van der Waals surface area contributed by atoms with Crippen molar-refractivity contribution in [3.63, 3.8) is 0 Å². The van der Waals surface area contributed by atoms with E-state index in [0.29, 0.717) is 5.75 Å². The van der Waals surface area contributed by atoms with Gasteiger partial charge in [0, 0.05) is 11.5 Å². The highest BCUT2D eigenvalue weighted by atomic mass is 32.2. The number of aliphatic carboxylic acids is 1. The maximum atomic E-state index is 10.3. The molecule has 0 aliphatic heterocycles. The van der Waals surface area contributed by atoms with Crippen molar-refractivity contribution in [1.82, 2.24) is 0 Å².